The number of fused-ring (bicyclic) bond motifs is 1. The van der Waals surface area contributed by atoms with Crippen LogP contribution in [0.3, 0.4) is 0 Å². The third-order valence-corrected chi connectivity index (χ3v) is 2.76. The number of hydrogen-bond donors (Lipinski definition) is 0. The van der Waals surface area contributed by atoms with E-state index >= 15 is 0 Å². The van der Waals surface area contributed by atoms with Crippen LogP contribution in [0.15, 0.2) is 36.4 Å². The van der Waals surface area contributed by atoms with E-state index in [1.165, 1.54) is 5.39 Å². The van der Waals surface area contributed by atoms with E-state index < -0.39 is 0 Å². The van der Waals surface area contributed by atoms with Crippen molar-refractivity contribution in [1.29, 1.82) is 0 Å². The normalized spacial score (nSPS) is 11.0. The topological polar surface area (TPSA) is 18.5 Å². The Hall–Kier alpha value is -1.96. The van der Waals surface area contributed by atoms with Gasteiger partial charge in [0.1, 0.15) is 0 Å². The summed E-state index contributed by atoms with van der Waals surface area (Å²) >= 11 is 0. The maximum atomic E-state index is 5.45. The van der Waals surface area contributed by atoms with E-state index in [1.54, 1.807) is 14.2 Å². The molecule has 0 saturated carbocycles. The van der Waals surface area contributed by atoms with E-state index in [4.69, 9.17) is 9.47 Å². The van der Waals surface area contributed by atoms with Crippen LogP contribution in [0.1, 0.15) is 12.5 Å². The zero-order valence-electron chi connectivity index (χ0n) is 10.4. The highest BCUT2D eigenvalue weighted by Gasteiger charge is 2.12. The van der Waals surface area contributed by atoms with Crippen molar-refractivity contribution in [2.45, 2.75) is 6.92 Å². The molecule has 88 valence electrons. The molecule has 0 aliphatic heterocycles. The number of allylic oxidation sites excluding steroid dienone is 1. The van der Waals surface area contributed by atoms with Gasteiger partial charge in [-0.3, -0.25) is 0 Å². The van der Waals surface area contributed by atoms with Gasteiger partial charge >= 0.3 is 0 Å². The largest absolute Gasteiger partial charge is 0.493 e. The quantitative estimate of drug-likeness (QED) is 0.793. The zero-order chi connectivity index (χ0) is 12.3. The lowest BCUT2D eigenvalue weighted by Crippen LogP contribution is -1.94. The highest BCUT2D eigenvalue weighted by molar-refractivity contribution is 5.95. The predicted octanol–water partition coefficient (Wildman–Crippen LogP) is 3.89. The minimum Gasteiger partial charge on any atom is -0.493 e. The Morgan fingerprint density at radius 3 is 2.47 bits per heavy atom. The van der Waals surface area contributed by atoms with Gasteiger partial charge in [-0.2, -0.15) is 0 Å². The second kappa shape index (κ2) is 4.91. The van der Waals surface area contributed by atoms with Gasteiger partial charge in [0.15, 0.2) is 11.5 Å². The highest BCUT2D eigenvalue weighted by Crippen LogP contribution is 2.38. The van der Waals surface area contributed by atoms with E-state index in [0.29, 0.717) is 0 Å². The van der Waals surface area contributed by atoms with Crippen LogP contribution in [0.25, 0.3) is 16.8 Å². The lowest BCUT2D eigenvalue weighted by Gasteiger charge is -2.13. The minimum atomic E-state index is 0.763. The number of methoxy groups -OCH3 is 2. The first kappa shape index (κ1) is 11.5. The SMILES string of the molecule is C/C=C/c1c(OC)c(OC)cc2ccccc12. The summed E-state index contributed by atoms with van der Waals surface area (Å²) in [5, 5.41) is 2.32. The summed E-state index contributed by atoms with van der Waals surface area (Å²) in [6.45, 7) is 1.99. The van der Waals surface area contributed by atoms with Gasteiger partial charge in [-0.05, 0) is 23.8 Å². The van der Waals surface area contributed by atoms with Crippen molar-refractivity contribution in [2.75, 3.05) is 14.2 Å². The van der Waals surface area contributed by atoms with Crippen LogP contribution >= 0.6 is 0 Å². The third kappa shape index (κ3) is 1.98. The Balaban J connectivity index is 2.85. The van der Waals surface area contributed by atoms with Crippen LogP contribution < -0.4 is 9.47 Å². The molecule has 0 atom stereocenters. The Labute approximate surface area is 101 Å². The Morgan fingerprint density at radius 1 is 1.06 bits per heavy atom. The summed E-state index contributed by atoms with van der Waals surface area (Å²) in [6, 6.07) is 10.2. The average Bonchev–Trinajstić information content (AvgIpc) is 2.38. The molecule has 0 unspecified atom stereocenters. The molecule has 0 N–H and O–H groups in total. The van der Waals surface area contributed by atoms with E-state index in [-0.39, 0.29) is 0 Å². The number of ether oxygens (including phenoxy) is 2. The fourth-order valence-corrected chi connectivity index (χ4v) is 2.02. The van der Waals surface area contributed by atoms with Gasteiger partial charge < -0.3 is 9.47 Å². The second-order valence-corrected chi connectivity index (χ2v) is 3.75. The van der Waals surface area contributed by atoms with E-state index in [9.17, 15) is 0 Å². The Kier molecular flexibility index (Phi) is 3.33. The molecule has 2 aromatic rings. The van der Waals surface area contributed by atoms with Crippen molar-refractivity contribution in [3.63, 3.8) is 0 Å². The fraction of sp³-hybridized carbons (Fsp3) is 0.200. The lowest BCUT2D eigenvalue weighted by molar-refractivity contribution is 0.355. The van der Waals surface area contributed by atoms with Gasteiger partial charge in [0, 0.05) is 5.56 Å². The molecule has 0 spiro atoms. The molecule has 0 radical (unpaired) electrons. The Morgan fingerprint density at radius 2 is 1.82 bits per heavy atom. The van der Waals surface area contributed by atoms with Crippen molar-refractivity contribution in [2.24, 2.45) is 0 Å². The van der Waals surface area contributed by atoms with Gasteiger partial charge in [0.2, 0.25) is 0 Å². The Bertz CT molecular complexity index is 556. The molecule has 2 rings (SSSR count). The smallest absolute Gasteiger partial charge is 0.168 e. The van der Waals surface area contributed by atoms with Gasteiger partial charge in [-0.15, -0.1) is 0 Å². The zero-order valence-corrected chi connectivity index (χ0v) is 10.4. The number of hydrogen-bond acceptors (Lipinski definition) is 2. The first-order valence-electron chi connectivity index (χ1n) is 5.58. The lowest BCUT2D eigenvalue weighted by atomic mass is 10.0. The van der Waals surface area contributed by atoms with Gasteiger partial charge in [0.25, 0.3) is 0 Å². The summed E-state index contributed by atoms with van der Waals surface area (Å²) in [7, 11) is 3.33. The number of rotatable bonds is 3. The standard InChI is InChI=1S/C15H16O2/c1-4-7-13-12-9-6-5-8-11(12)10-14(16-2)15(13)17-3/h4-10H,1-3H3/b7-4+. The summed E-state index contributed by atoms with van der Waals surface area (Å²) < 4.78 is 10.8. The molecule has 2 aromatic carbocycles. The van der Waals surface area contributed by atoms with Crippen LogP contribution in [0.4, 0.5) is 0 Å². The molecule has 0 aromatic heterocycles. The predicted molar refractivity (Wildman–Crippen MR) is 71.8 cm³/mol. The monoisotopic (exact) mass is 228 g/mol. The molecule has 0 saturated heterocycles. The third-order valence-electron chi connectivity index (χ3n) is 2.76. The average molecular weight is 228 g/mol. The van der Waals surface area contributed by atoms with Crippen LogP contribution in [0, 0.1) is 0 Å². The number of benzene rings is 2. The van der Waals surface area contributed by atoms with Crippen molar-refractivity contribution >= 4 is 16.8 Å². The van der Waals surface area contributed by atoms with Gasteiger partial charge in [-0.1, -0.05) is 36.4 Å². The van der Waals surface area contributed by atoms with Crippen LogP contribution in [0.2, 0.25) is 0 Å². The summed E-state index contributed by atoms with van der Waals surface area (Å²) in [6.07, 6.45) is 4.05. The molecule has 0 heterocycles. The molecule has 2 heteroatoms. The van der Waals surface area contributed by atoms with Crippen LogP contribution in [-0.2, 0) is 0 Å². The molecule has 0 aliphatic carbocycles. The van der Waals surface area contributed by atoms with Crippen LogP contribution in [0.5, 0.6) is 11.5 Å². The first-order valence-corrected chi connectivity index (χ1v) is 5.58. The highest BCUT2D eigenvalue weighted by atomic mass is 16.5. The van der Waals surface area contributed by atoms with Crippen molar-refractivity contribution in [3.05, 3.63) is 42.0 Å². The molecule has 0 amide bonds. The van der Waals surface area contributed by atoms with Gasteiger partial charge in [-0.25, -0.2) is 0 Å². The van der Waals surface area contributed by atoms with E-state index in [0.717, 1.165) is 22.4 Å². The summed E-state index contributed by atoms with van der Waals surface area (Å²) in [5.74, 6) is 1.55. The minimum absolute atomic E-state index is 0.763. The molecular weight excluding hydrogens is 212 g/mol. The molecule has 0 bridgehead atoms. The second-order valence-electron chi connectivity index (χ2n) is 3.75. The van der Waals surface area contributed by atoms with E-state index in [1.807, 2.05) is 37.3 Å². The van der Waals surface area contributed by atoms with Crippen molar-refractivity contribution < 1.29 is 9.47 Å². The first-order chi connectivity index (χ1) is 8.31. The molecule has 0 fully saturated rings. The summed E-state index contributed by atoms with van der Waals surface area (Å²) in [5.41, 5.74) is 1.06. The molecule has 17 heavy (non-hydrogen) atoms. The maximum Gasteiger partial charge on any atom is 0.168 e. The molecule has 2 nitrogen and oxygen atoms in total. The molecular formula is C15H16O2. The van der Waals surface area contributed by atoms with Crippen molar-refractivity contribution in [1.82, 2.24) is 0 Å². The summed E-state index contributed by atoms with van der Waals surface area (Å²) in [4.78, 5) is 0. The van der Waals surface area contributed by atoms with Crippen molar-refractivity contribution in [3.8, 4) is 11.5 Å². The maximum absolute atomic E-state index is 5.45. The molecule has 0 aliphatic rings. The van der Waals surface area contributed by atoms with E-state index in [2.05, 4.69) is 12.1 Å². The van der Waals surface area contributed by atoms with Crippen LogP contribution in [-0.4, -0.2) is 14.2 Å². The fourth-order valence-electron chi connectivity index (χ4n) is 2.02. The van der Waals surface area contributed by atoms with Gasteiger partial charge in [0.05, 0.1) is 14.2 Å².